The Bertz CT molecular complexity index is 941. The number of nitrogens with two attached hydrogens (primary N) is 1. The second-order valence-electron chi connectivity index (χ2n) is 6.72. The number of benzene rings is 2. The molecule has 6 nitrogen and oxygen atoms in total. The van der Waals surface area contributed by atoms with Gasteiger partial charge in [-0.3, -0.25) is 4.79 Å². The summed E-state index contributed by atoms with van der Waals surface area (Å²) in [5, 5.41) is 0. The molecule has 0 bridgehead atoms. The minimum Gasteiger partial charge on any atom is -0.452 e. The van der Waals surface area contributed by atoms with Gasteiger partial charge in [-0.2, -0.15) is 13.2 Å². The second kappa shape index (κ2) is 8.60. The maximum absolute atomic E-state index is 13.0. The van der Waals surface area contributed by atoms with E-state index in [9.17, 15) is 27.2 Å². The molecule has 2 aromatic carbocycles. The summed E-state index contributed by atoms with van der Waals surface area (Å²) in [5.41, 5.74) is 5.12. The number of nitrogen functional groups attached to an aromatic ring is 1. The van der Waals surface area contributed by atoms with Crippen LogP contribution in [0.2, 0.25) is 0 Å². The fourth-order valence-electron chi connectivity index (χ4n) is 3.11. The molecule has 1 fully saturated rings. The minimum atomic E-state index is -4.43. The highest BCUT2D eigenvalue weighted by Gasteiger charge is 2.31. The highest BCUT2D eigenvalue weighted by molar-refractivity contribution is 5.96. The molecular weight excluding hydrogens is 406 g/mol. The second-order valence-corrected chi connectivity index (χ2v) is 6.72. The molecular formula is C20H19F4N3O3. The van der Waals surface area contributed by atoms with E-state index in [1.807, 2.05) is 0 Å². The topological polar surface area (TPSA) is 75.9 Å². The van der Waals surface area contributed by atoms with Gasteiger partial charge in [0.15, 0.2) is 6.61 Å². The average molecular weight is 425 g/mol. The summed E-state index contributed by atoms with van der Waals surface area (Å²) >= 11 is 0. The number of alkyl halides is 3. The zero-order valence-corrected chi connectivity index (χ0v) is 15.8. The summed E-state index contributed by atoms with van der Waals surface area (Å²) in [5.74, 6) is -1.88. The van der Waals surface area contributed by atoms with Crippen molar-refractivity contribution in [1.82, 2.24) is 4.90 Å². The van der Waals surface area contributed by atoms with Crippen molar-refractivity contribution in [3.63, 3.8) is 0 Å². The third kappa shape index (κ3) is 5.00. The van der Waals surface area contributed by atoms with Crippen molar-refractivity contribution in [2.24, 2.45) is 0 Å². The van der Waals surface area contributed by atoms with Crippen molar-refractivity contribution in [2.75, 3.05) is 43.4 Å². The number of hydrogen-bond donors (Lipinski definition) is 1. The van der Waals surface area contributed by atoms with Crippen LogP contribution < -0.4 is 10.6 Å². The third-order valence-electron chi connectivity index (χ3n) is 4.73. The Morgan fingerprint density at radius 3 is 2.37 bits per heavy atom. The number of piperazine rings is 1. The summed E-state index contributed by atoms with van der Waals surface area (Å²) in [6, 6.07) is 8.22. The Morgan fingerprint density at radius 2 is 1.73 bits per heavy atom. The monoisotopic (exact) mass is 425 g/mol. The Hall–Kier alpha value is -3.30. The largest absolute Gasteiger partial charge is 0.452 e. The van der Waals surface area contributed by atoms with Crippen molar-refractivity contribution in [1.29, 1.82) is 0 Å². The number of carbonyl (C=O) groups excluding carboxylic acids is 2. The number of carbonyl (C=O) groups is 2. The normalized spacial score (nSPS) is 14.5. The number of esters is 1. The lowest BCUT2D eigenvalue weighted by molar-refractivity contribution is -0.137. The van der Waals surface area contributed by atoms with E-state index in [1.165, 1.54) is 17.0 Å². The first-order valence-corrected chi connectivity index (χ1v) is 9.07. The van der Waals surface area contributed by atoms with Crippen LogP contribution in [0.25, 0.3) is 0 Å². The van der Waals surface area contributed by atoms with Crippen LogP contribution in [0.15, 0.2) is 42.5 Å². The molecule has 3 rings (SSSR count). The molecule has 0 aromatic heterocycles. The van der Waals surface area contributed by atoms with Gasteiger partial charge in [0.25, 0.3) is 5.91 Å². The molecule has 10 heteroatoms. The number of anilines is 2. The molecule has 0 unspecified atom stereocenters. The third-order valence-corrected chi connectivity index (χ3v) is 4.73. The van der Waals surface area contributed by atoms with Crippen LogP contribution in [0.4, 0.5) is 28.9 Å². The molecule has 0 saturated carbocycles. The Balaban J connectivity index is 1.52. The first-order valence-electron chi connectivity index (χ1n) is 9.07. The van der Waals surface area contributed by atoms with E-state index in [0.717, 1.165) is 24.3 Å². The van der Waals surface area contributed by atoms with Gasteiger partial charge in [-0.25, -0.2) is 9.18 Å². The fraction of sp³-hybridized carbons (Fsp3) is 0.300. The zero-order chi connectivity index (χ0) is 21.9. The SMILES string of the molecule is Nc1cc(F)ccc1C(=O)OCC(=O)N1CCN(c2cccc(C(F)(F)F)c2)CC1. The average Bonchev–Trinajstić information content (AvgIpc) is 2.71. The Morgan fingerprint density at radius 1 is 1.03 bits per heavy atom. The van der Waals surface area contributed by atoms with Crippen LogP contribution in [0, 0.1) is 5.82 Å². The Kier molecular flexibility index (Phi) is 6.14. The van der Waals surface area contributed by atoms with Gasteiger partial charge in [0.2, 0.25) is 0 Å². The molecule has 0 atom stereocenters. The first-order chi connectivity index (χ1) is 14.1. The molecule has 1 saturated heterocycles. The molecule has 1 aliphatic rings. The van der Waals surface area contributed by atoms with Crippen LogP contribution in [0.5, 0.6) is 0 Å². The molecule has 1 heterocycles. The van der Waals surface area contributed by atoms with E-state index in [4.69, 9.17) is 10.5 Å². The molecule has 0 aliphatic carbocycles. The number of rotatable bonds is 4. The van der Waals surface area contributed by atoms with Crippen molar-refractivity contribution >= 4 is 23.3 Å². The van der Waals surface area contributed by atoms with Gasteiger partial charge in [-0.1, -0.05) is 6.07 Å². The van der Waals surface area contributed by atoms with E-state index in [1.54, 1.807) is 11.0 Å². The molecule has 1 amide bonds. The standard InChI is InChI=1S/C20H19F4N3O3/c21-14-4-5-16(17(25)11-14)19(29)30-12-18(28)27-8-6-26(7-9-27)15-3-1-2-13(10-15)20(22,23)24/h1-5,10-11H,6-9,12,25H2. The van der Waals surface area contributed by atoms with Gasteiger partial charge in [-0.15, -0.1) is 0 Å². The van der Waals surface area contributed by atoms with Gasteiger partial charge in [0, 0.05) is 37.6 Å². The molecule has 1 aliphatic heterocycles. The van der Waals surface area contributed by atoms with Crippen molar-refractivity contribution in [3.8, 4) is 0 Å². The smallest absolute Gasteiger partial charge is 0.416 e. The van der Waals surface area contributed by atoms with Crippen LogP contribution in [0.1, 0.15) is 15.9 Å². The lowest BCUT2D eigenvalue weighted by Crippen LogP contribution is -2.50. The zero-order valence-electron chi connectivity index (χ0n) is 15.8. The van der Waals surface area contributed by atoms with Gasteiger partial charge < -0.3 is 20.3 Å². The van der Waals surface area contributed by atoms with Crippen LogP contribution in [-0.2, 0) is 15.7 Å². The van der Waals surface area contributed by atoms with Crippen LogP contribution in [0.3, 0.4) is 0 Å². The summed E-state index contributed by atoms with van der Waals surface area (Å²) in [6.45, 7) is 0.702. The fourth-order valence-corrected chi connectivity index (χ4v) is 3.11. The Labute approximate surface area is 169 Å². The van der Waals surface area contributed by atoms with E-state index < -0.39 is 36.0 Å². The summed E-state index contributed by atoms with van der Waals surface area (Å²) in [6.07, 6.45) is -4.43. The van der Waals surface area contributed by atoms with Gasteiger partial charge in [0.1, 0.15) is 5.82 Å². The van der Waals surface area contributed by atoms with Gasteiger partial charge >= 0.3 is 12.1 Å². The molecule has 160 valence electrons. The number of nitrogens with zero attached hydrogens (tertiary/aromatic N) is 2. The predicted molar refractivity (Wildman–Crippen MR) is 101 cm³/mol. The molecule has 0 spiro atoms. The quantitative estimate of drug-likeness (QED) is 0.463. The summed E-state index contributed by atoms with van der Waals surface area (Å²) in [7, 11) is 0. The summed E-state index contributed by atoms with van der Waals surface area (Å²) < 4.78 is 56.7. The van der Waals surface area contributed by atoms with Crippen molar-refractivity contribution in [3.05, 3.63) is 59.4 Å². The number of ether oxygens (including phenoxy) is 1. The highest BCUT2D eigenvalue weighted by Crippen LogP contribution is 2.31. The highest BCUT2D eigenvalue weighted by atomic mass is 19.4. The molecule has 2 N–H and O–H groups in total. The van der Waals surface area contributed by atoms with E-state index in [2.05, 4.69) is 0 Å². The number of hydrogen-bond acceptors (Lipinski definition) is 5. The summed E-state index contributed by atoms with van der Waals surface area (Å²) in [4.78, 5) is 27.5. The molecule has 2 aromatic rings. The molecule has 30 heavy (non-hydrogen) atoms. The predicted octanol–water partition coefficient (Wildman–Crippen LogP) is 2.93. The lowest BCUT2D eigenvalue weighted by Gasteiger charge is -2.36. The lowest BCUT2D eigenvalue weighted by atomic mass is 10.1. The van der Waals surface area contributed by atoms with Crippen LogP contribution >= 0.6 is 0 Å². The minimum absolute atomic E-state index is 0.0430. The maximum atomic E-state index is 13.0. The first kappa shape index (κ1) is 21.4. The van der Waals surface area contributed by atoms with Crippen molar-refractivity contribution < 1.29 is 31.9 Å². The number of amides is 1. The van der Waals surface area contributed by atoms with Crippen molar-refractivity contribution in [2.45, 2.75) is 6.18 Å². The molecule has 0 radical (unpaired) electrons. The van der Waals surface area contributed by atoms with E-state index in [0.29, 0.717) is 18.8 Å². The van der Waals surface area contributed by atoms with E-state index >= 15 is 0 Å². The maximum Gasteiger partial charge on any atom is 0.416 e. The number of halogens is 4. The van der Waals surface area contributed by atoms with Gasteiger partial charge in [-0.05, 0) is 36.4 Å². The van der Waals surface area contributed by atoms with E-state index in [-0.39, 0.29) is 24.3 Å². The van der Waals surface area contributed by atoms with Crippen LogP contribution in [-0.4, -0.2) is 49.6 Å². The van der Waals surface area contributed by atoms with Gasteiger partial charge in [0.05, 0.1) is 11.1 Å².